The van der Waals surface area contributed by atoms with Crippen LogP contribution in [-0.2, 0) is 0 Å². The summed E-state index contributed by atoms with van der Waals surface area (Å²) in [6.45, 7) is 0.0131. The van der Waals surface area contributed by atoms with Gasteiger partial charge in [-0.05, 0) is 11.6 Å². The van der Waals surface area contributed by atoms with E-state index in [0.717, 1.165) is 11.1 Å². The minimum atomic E-state index is -1.41. The number of halogens is 2. The van der Waals surface area contributed by atoms with Crippen LogP contribution in [0.3, 0.4) is 0 Å². The summed E-state index contributed by atoms with van der Waals surface area (Å²) in [5.41, 5.74) is 7.42. The number of nitrogens with two attached hydrogens (primary N) is 1. The molecule has 2 aromatic carbocycles. The lowest BCUT2D eigenvalue weighted by atomic mass is 10.1. The summed E-state index contributed by atoms with van der Waals surface area (Å²) in [6, 6.07) is 17.4. The Balaban J connectivity index is 2.38. The molecule has 0 saturated carbocycles. The van der Waals surface area contributed by atoms with Gasteiger partial charge in [0.15, 0.2) is 0 Å². The summed E-state index contributed by atoms with van der Waals surface area (Å²) in [4.78, 5) is 0. The van der Waals surface area contributed by atoms with E-state index in [9.17, 15) is 0 Å². The van der Waals surface area contributed by atoms with Crippen molar-refractivity contribution in [2.24, 2.45) is 5.73 Å². The van der Waals surface area contributed by atoms with Crippen LogP contribution in [0.4, 0.5) is 0 Å². The second-order valence-electron chi connectivity index (χ2n) is 3.81. The molecule has 2 rings (SSSR count). The third-order valence-electron chi connectivity index (χ3n) is 2.47. The predicted octanol–water partition coefficient (Wildman–Crippen LogP) is 3.82. The number of ether oxygens (including phenoxy) is 1. The molecule has 0 aromatic heterocycles. The highest BCUT2D eigenvalue weighted by atomic mass is 35.5. The van der Waals surface area contributed by atoms with E-state index >= 15 is 0 Å². The first-order valence-electron chi connectivity index (χ1n) is 5.54. The lowest BCUT2D eigenvalue weighted by Gasteiger charge is -2.21. The van der Waals surface area contributed by atoms with E-state index in [1.54, 1.807) is 0 Å². The zero-order valence-electron chi connectivity index (χ0n) is 9.64. The van der Waals surface area contributed by atoms with E-state index < -0.39 is 4.52 Å². The summed E-state index contributed by atoms with van der Waals surface area (Å²) in [7, 11) is 0. The van der Waals surface area contributed by atoms with Gasteiger partial charge in [0, 0.05) is 5.56 Å². The third-order valence-corrected chi connectivity index (χ3v) is 2.93. The van der Waals surface area contributed by atoms with Crippen molar-refractivity contribution >= 4 is 23.2 Å². The molecule has 0 spiro atoms. The minimum Gasteiger partial charge on any atom is -0.456 e. The molecule has 0 saturated heterocycles. The molecule has 94 valence electrons. The van der Waals surface area contributed by atoms with Crippen LogP contribution in [0.25, 0.3) is 11.1 Å². The Morgan fingerprint density at radius 1 is 0.944 bits per heavy atom. The lowest BCUT2D eigenvalue weighted by Crippen LogP contribution is -2.31. The highest BCUT2D eigenvalue weighted by Crippen LogP contribution is 2.34. The fraction of sp³-hybridized carbons (Fsp3) is 0.143. The predicted molar refractivity (Wildman–Crippen MR) is 76.0 cm³/mol. The molecule has 0 aliphatic carbocycles. The van der Waals surface area contributed by atoms with Crippen LogP contribution >= 0.6 is 23.2 Å². The lowest BCUT2D eigenvalue weighted by molar-refractivity contribution is 0.251. The van der Waals surface area contributed by atoms with Crippen LogP contribution in [0.5, 0.6) is 5.75 Å². The maximum atomic E-state index is 5.93. The van der Waals surface area contributed by atoms with E-state index in [0.29, 0.717) is 5.75 Å². The van der Waals surface area contributed by atoms with E-state index in [1.165, 1.54) is 0 Å². The van der Waals surface area contributed by atoms with E-state index in [-0.39, 0.29) is 6.54 Å². The molecule has 0 heterocycles. The molecule has 0 aliphatic rings. The van der Waals surface area contributed by atoms with Crippen molar-refractivity contribution in [2.75, 3.05) is 6.54 Å². The molecule has 0 radical (unpaired) electrons. The van der Waals surface area contributed by atoms with Crippen LogP contribution in [0, 0.1) is 0 Å². The number of hydrogen-bond acceptors (Lipinski definition) is 2. The fourth-order valence-corrected chi connectivity index (χ4v) is 1.78. The Hall–Kier alpha value is -1.22. The molecular formula is C14H13Cl2NO. The van der Waals surface area contributed by atoms with Gasteiger partial charge in [0.1, 0.15) is 5.75 Å². The van der Waals surface area contributed by atoms with Crippen molar-refractivity contribution in [1.82, 2.24) is 0 Å². The van der Waals surface area contributed by atoms with Crippen molar-refractivity contribution in [3.8, 4) is 16.9 Å². The van der Waals surface area contributed by atoms with Gasteiger partial charge in [0.25, 0.3) is 4.52 Å². The molecule has 0 fully saturated rings. The van der Waals surface area contributed by atoms with Crippen LogP contribution in [0.1, 0.15) is 0 Å². The van der Waals surface area contributed by atoms with Crippen LogP contribution in [-0.4, -0.2) is 11.1 Å². The molecule has 2 aromatic rings. The highest BCUT2D eigenvalue weighted by molar-refractivity contribution is 6.47. The molecule has 0 amide bonds. The maximum absolute atomic E-state index is 5.93. The van der Waals surface area contributed by atoms with Gasteiger partial charge in [-0.25, -0.2) is 0 Å². The summed E-state index contributed by atoms with van der Waals surface area (Å²) in [5.74, 6) is 0.610. The third kappa shape index (κ3) is 3.16. The molecule has 0 unspecified atom stereocenters. The van der Waals surface area contributed by atoms with E-state index in [4.69, 9.17) is 33.7 Å². The molecule has 4 heteroatoms. The van der Waals surface area contributed by atoms with Crippen molar-refractivity contribution in [3.63, 3.8) is 0 Å². The molecule has 0 aliphatic heterocycles. The fourth-order valence-electron chi connectivity index (χ4n) is 1.61. The molecule has 2 N–H and O–H groups in total. The first kappa shape index (κ1) is 13.2. The zero-order chi connectivity index (χ0) is 13.0. The quantitative estimate of drug-likeness (QED) is 0.865. The van der Waals surface area contributed by atoms with Crippen molar-refractivity contribution < 1.29 is 4.74 Å². The second-order valence-corrected chi connectivity index (χ2v) is 5.22. The average molecular weight is 282 g/mol. The molecular weight excluding hydrogens is 269 g/mol. The highest BCUT2D eigenvalue weighted by Gasteiger charge is 2.25. The maximum Gasteiger partial charge on any atom is 0.270 e. The largest absolute Gasteiger partial charge is 0.456 e. The second kappa shape index (κ2) is 5.61. The number of benzene rings is 2. The SMILES string of the molecule is NCC(Cl)(Cl)Oc1ccccc1-c1ccccc1. The standard InChI is InChI=1S/C14H13Cl2NO/c15-14(16,10-17)18-13-9-5-4-8-12(13)11-6-2-1-3-7-11/h1-9H,10,17H2. The number of para-hydroxylation sites is 1. The number of alkyl halides is 2. The monoisotopic (exact) mass is 281 g/mol. The Labute approximate surface area is 116 Å². The summed E-state index contributed by atoms with van der Waals surface area (Å²) in [5, 5.41) is 0. The van der Waals surface area contributed by atoms with E-state index in [2.05, 4.69) is 0 Å². The van der Waals surface area contributed by atoms with Gasteiger partial charge in [-0.3, -0.25) is 0 Å². The van der Waals surface area contributed by atoms with Gasteiger partial charge in [-0.1, -0.05) is 71.7 Å². The van der Waals surface area contributed by atoms with Crippen LogP contribution < -0.4 is 10.5 Å². The summed E-state index contributed by atoms with van der Waals surface area (Å²) >= 11 is 11.9. The Morgan fingerprint density at radius 3 is 2.22 bits per heavy atom. The minimum absolute atomic E-state index is 0.0131. The van der Waals surface area contributed by atoms with Crippen molar-refractivity contribution in [1.29, 1.82) is 0 Å². The normalized spacial score (nSPS) is 11.3. The van der Waals surface area contributed by atoms with E-state index in [1.807, 2.05) is 54.6 Å². The smallest absolute Gasteiger partial charge is 0.270 e. The topological polar surface area (TPSA) is 35.2 Å². The van der Waals surface area contributed by atoms with Crippen LogP contribution in [0.2, 0.25) is 0 Å². The van der Waals surface area contributed by atoms with Gasteiger partial charge in [-0.2, -0.15) is 0 Å². The van der Waals surface area contributed by atoms with Gasteiger partial charge >= 0.3 is 0 Å². The summed E-state index contributed by atoms with van der Waals surface area (Å²) in [6.07, 6.45) is 0. The van der Waals surface area contributed by atoms with Crippen molar-refractivity contribution in [3.05, 3.63) is 54.6 Å². The first-order valence-corrected chi connectivity index (χ1v) is 6.29. The first-order chi connectivity index (χ1) is 8.62. The van der Waals surface area contributed by atoms with Gasteiger partial charge in [-0.15, -0.1) is 0 Å². The number of hydrogen-bond donors (Lipinski definition) is 1. The van der Waals surface area contributed by atoms with Crippen molar-refractivity contribution in [2.45, 2.75) is 4.52 Å². The molecule has 2 nitrogen and oxygen atoms in total. The Bertz CT molecular complexity index is 514. The van der Waals surface area contributed by atoms with Gasteiger partial charge < -0.3 is 10.5 Å². The summed E-state index contributed by atoms with van der Waals surface area (Å²) < 4.78 is 4.13. The average Bonchev–Trinajstić information content (AvgIpc) is 2.40. The molecule has 0 bridgehead atoms. The molecule has 18 heavy (non-hydrogen) atoms. The Morgan fingerprint density at radius 2 is 1.56 bits per heavy atom. The van der Waals surface area contributed by atoms with Gasteiger partial charge in [0.2, 0.25) is 0 Å². The zero-order valence-corrected chi connectivity index (χ0v) is 11.2. The molecule has 0 atom stereocenters. The number of rotatable bonds is 4. The van der Waals surface area contributed by atoms with Crippen LogP contribution in [0.15, 0.2) is 54.6 Å². The Kier molecular flexibility index (Phi) is 4.12. The van der Waals surface area contributed by atoms with Gasteiger partial charge in [0.05, 0.1) is 6.54 Å².